The van der Waals surface area contributed by atoms with E-state index in [0.717, 1.165) is 5.69 Å². The van der Waals surface area contributed by atoms with Gasteiger partial charge in [-0.3, -0.25) is 0 Å². The third-order valence-corrected chi connectivity index (χ3v) is 1.65. The van der Waals surface area contributed by atoms with E-state index in [1.165, 1.54) is 4.68 Å². The standard InChI is InChI=1S/C8H9N5/c9-7-11-8(10)13(12-7)6-4-2-1-3-5-6/h1-5H,(H4,9,10,11,12). The Bertz CT molecular complexity index is 406. The number of anilines is 2. The van der Waals surface area contributed by atoms with Crippen LogP contribution in [0.1, 0.15) is 0 Å². The van der Waals surface area contributed by atoms with Crippen LogP contribution in [0.15, 0.2) is 30.3 Å². The summed E-state index contributed by atoms with van der Waals surface area (Å²) in [6, 6.07) is 9.47. The molecule has 0 spiro atoms. The number of aromatic nitrogens is 3. The molecule has 2 rings (SSSR count). The minimum atomic E-state index is 0.182. The van der Waals surface area contributed by atoms with Crippen molar-refractivity contribution in [3.63, 3.8) is 0 Å². The van der Waals surface area contributed by atoms with E-state index in [9.17, 15) is 0 Å². The number of hydrogen-bond donors (Lipinski definition) is 2. The molecule has 0 saturated heterocycles. The fourth-order valence-corrected chi connectivity index (χ4v) is 1.10. The van der Waals surface area contributed by atoms with Crippen LogP contribution in [-0.2, 0) is 0 Å². The van der Waals surface area contributed by atoms with E-state index in [-0.39, 0.29) is 5.95 Å². The predicted octanol–water partition coefficient (Wildman–Crippen LogP) is 0.432. The first kappa shape index (κ1) is 7.60. The molecule has 4 N–H and O–H groups in total. The van der Waals surface area contributed by atoms with Gasteiger partial charge in [-0.1, -0.05) is 18.2 Å². The molecule has 1 heterocycles. The molecule has 5 nitrogen and oxygen atoms in total. The second-order valence-electron chi connectivity index (χ2n) is 2.58. The molecule has 1 aromatic carbocycles. The first-order chi connectivity index (χ1) is 6.27. The summed E-state index contributed by atoms with van der Waals surface area (Å²) >= 11 is 0. The summed E-state index contributed by atoms with van der Waals surface area (Å²) in [5.41, 5.74) is 11.8. The molecular formula is C8H9N5. The lowest BCUT2D eigenvalue weighted by molar-refractivity contribution is 0.896. The number of nitrogens with two attached hydrogens (primary N) is 2. The molecule has 66 valence electrons. The van der Waals surface area contributed by atoms with Gasteiger partial charge in [-0.05, 0) is 12.1 Å². The first-order valence-corrected chi connectivity index (χ1v) is 3.81. The van der Waals surface area contributed by atoms with Crippen LogP contribution in [0.5, 0.6) is 0 Å². The van der Waals surface area contributed by atoms with Crippen LogP contribution in [0.3, 0.4) is 0 Å². The number of nitrogen functional groups attached to an aromatic ring is 2. The molecule has 0 aliphatic carbocycles. The Morgan fingerprint density at radius 3 is 2.31 bits per heavy atom. The lowest BCUT2D eigenvalue weighted by atomic mass is 10.3. The maximum atomic E-state index is 5.58. The monoisotopic (exact) mass is 175 g/mol. The predicted molar refractivity (Wildman–Crippen MR) is 50.2 cm³/mol. The SMILES string of the molecule is Nc1nc(N)n(-c2ccccc2)n1. The van der Waals surface area contributed by atoms with E-state index in [2.05, 4.69) is 10.1 Å². The van der Waals surface area contributed by atoms with E-state index in [0.29, 0.717) is 5.95 Å². The highest BCUT2D eigenvalue weighted by Gasteiger charge is 2.04. The summed E-state index contributed by atoms with van der Waals surface area (Å²) in [7, 11) is 0. The van der Waals surface area contributed by atoms with Gasteiger partial charge >= 0.3 is 0 Å². The molecule has 0 aliphatic heterocycles. The Hall–Kier alpha value is -2.04. The average molecular weight is 175 g/mol. The highest BCUT2D eigenvalue weighted by molar-refractivity contribution is 5.39. The molecule has 0 bridgehead atoms. The van der Waals surface area contributed by atoms with Crippen LogP contribution < -0.4 is 11.5 Å². The Balaban J connectivity index is 2.53. The fraction of sp³-hybridized carbons (Fsp3) is 0. The van der Waals surface area contributed by atoms with Gasteiger partial charge in [0.1, 0.15) is 0 Å². The maximum absolute atomic E-state index is 5.58. The van der Waals surface area contributed by atoms with E-state index < -0.39 is 0 Å². The van der Waals surface area contributed by atoms with Crippen LogP contribution in [0, 0.1) is 0 Å². The van der Waals surface area contributed by atoms with Gasteiger partial charge in [0.05, 0.1) is 5.69 Å². The third kappa shape index (κ3) is 1.31. The van der Waals surface area contributed by atoms with Crippen molar-refractivity contribution in [1.82, 2.24) is 14.8 Å². The summed E-state index contributed by atoms with van der Waals surface area (Å²) in [6.07, 6.45) is 0. The Labute approximate surface area is 75.0 Å². The summed E-state index contributed by atoms with van der Waals surface area (Å²) < 4.78 is 1.50. The average Bonchev–Trinajstić information content (AvgIpc) is 2.47. The lowest BCUT2D eigenvalue weighted by Gasteiger charge is -1.99. The number of benzene rings is 1. The summed E-state index contributed by atoms with van der Waals surface area (Å²) in [5.74, 6) is 0.477. The highest BCUT2D eigenvalue weighted by atomic mass is 15.4. The zero-order valence-corrected chi connectivity index (χ0v) is 6.88. The summed E-state index contributed by atoms with van der Waals surface area (Å²) in [6.45, 7) is 0. The molecular weight excluding hydrogens is 166 g/mol. The number of nitrogens with zero attached hydrogens (tertiary/aromatic N) is 3. The normalized spacial score (nSPS) is 10.2. The van der Waals surface area contributed by atoms with Gasteiger partial charge in [-0.25, -0.2) is 0 Å². The van der Waals surface area contributed by atoms with Gasteiger partial charge in [-0.2, -0.15) is 9.67 Å². The van der Waals surface area contributed by atoms with Crippen molar-refractivity contribution >= 4 is 11.9 Å². The number of hydrogen-bond acceptors (Lipinski definition) is 4. The lowest BCUT2D eigenvalue weighted by Crippen LogP contribution is -2.01. The van der Waals surface area contributed by atoms with Crippen molar-refractivity contribution in [2.75, 3.05) is 11.5 Å². The van der Waals surface area contributed by atoms with Gasteiger partial charge in [0, 0.05) is 0 Å². The van der Waals surface area contributed by atoms with Gasteiger partial charge in [-0.15, -0.1) is 5.10 Å². The molecule has 0 unspecified atom stereocenters. The molecule has 0 fully saturated rings. The smallest absolute Gasteiger partial charge is 0.241 e. The topological polar surface area (TPSA) is 82.7 Å². The molecule has 0 amide bonds. The van der Waals surface area contributed by atoms with Gasteiger partial charge < -0.3 is 11.5 Å². The van der Waals surface area contributed by atoms with Crippen molar-refractivity contribution in [3.05, 3.63) is 30.3 Å². The molecule has 0 radical (unpaired) electrons. The van der Waals surface area contributed by atoms with Crippen molar-refractivity contribution in [2.24, 2.45) is 0 Å². The molecule has 0 atom stereocenters. The molecule has 13 heavy (non-hydrogen) atoms. The molecule has 2 aromatic rings. The minimum absolute atomic E-state index is 0.182. The van der Waals surface area contributed by atoms with Crippen LogP contribution in [0.4, 0.5) is 11.9 Å². The fourth-order valence-electron chi connectivity index (χ4n) is 1.10. The van der Waals surface area contributed by atoms with Crippen molar-refractivity contribution in [2.45, 2.75) is 0 Å². The number of rotatable bonds is 1. The van der Waals surface area contributed by atoms with Crippen molar-refractivity contribution in [1.29, 1.82) is 0 Å². The van der Waals surface area contributed by atoms with Crippen molar-refractivity contribution < 1.29 is 0 Å². The first-order valence-electron chi connectivity index (χ1n) is 3.81. The summed E-state index contributed by atoms with van der Waals surface area (Å²) in [5, 5.41) is 3.94. The van der Waals surface area contributed by atoms with Crippen LogP contribution in [-0.4, -0.2) is 14.8 Å². The van der Waals surface area contributed by atoms with Crippen LogP contribution in [0.25, 0.3) is 5.69 Å². The van der Waals surface area contributed by atoms with Crippen LogP contribution >= 0.6 is 0 Å². The van der Waals surface area contributed by atoms with Crippen LogP contribution in [0.2, 0.25) is 0 Å². The highest BCUT2D eigenvalue weighted by Crippen LogP contribution is 2.10. The van der Waals surface area contributed by atoms with E-state index in [1.54, 1.807) is 0 Å². The Morgan fingerprint density at radius 2 is 1.77 bits per heavy atom. The third-order valence-electron chi connectivity index (χ3n) is 1.65. The maximum Gasteiger partial charge on any atom is 0.241 e. The summed E-state index contributed by atoms with van der Waals surface area (Å²) in [4.78, 5) is 3.79. The molecule has 1 aromatic heterocycles. The van der Waals surface area contributed by atoms with Gasteiger partial charge in [0.2, 0.25) is 11.9 Å². The van der Waals surface area contributed by atoms with E-state index in [1.807, 2.05) is 30.3 Å². The zero-order valence-electron chi connectivity index (χ0n) is 6.88. The zero-order chi connectivity index (χ0) is 9.26. The quantitative estimate of drug-likeness (QED) is 0.658. The molecule has 0 saturated carbocycles. The Kier molecular flexibility index (Phi) is 1.63. The molecule has 0 aliphatic rings. The second kappa shape index (κ2) is 2.78. The Morgan fingerprint density at radius 1 is 1.08 bits per heavy atom. The van der Waals surface area contributed by atoms with E-state index >= 15 is 0 Å². The molecule has 5 heteroatoms. The van der Waals surface area contributed by atoms with Crippen molar-refractivity contribution in [3.8, 4) is 5.69 Å². The minimum Gasteiger partial charge on any atom is -0.368 e. The van der Waals surface area contributed by atoms with E-state index in [4.69, 9.17) is 11.5 Å². The largest absolute Gasteiger partial charge is 0.368 e. The van der Waals surface area contributed by atoms with Gasteiger partial charge in [0.25, 0.3) is 0 Å². The van der Waals surface area contributed by atoms with Gasteiger partial charge in [0.15, 0.2) is 0 Å². The second-order valence-corrected chi connectivity index (χ2v) is 2.58. The number of para-hydroxylation sites is 1.